The summed E-state index contributed by atoms with van der Waals surface area (Å²) in [4.78, 5) is 11.8. The molecule has 0 unspecified atom stereocenters. The molecule has 1 N–H and O–H groups in total. The van der Waals surface area contributed by atoms with Crippen LogP contribution in [0.15, 0.2) is 24.3 Å². The Labute approximate surface area is 146 Å². The third-order valence-corrected chi connectivity index (χ3v) is 3.73. The zero-order valence-electron chi connectivity index (χ0n) is 15.5. The third kappa shape index (κ3) is 10.4. The Morgan fingerprint density at radius 1 is 1.04 bits per heavy atom. The van der Waals surface area contributed by atoms with Gasteiger partial charge in [0.05, 0.1) is 12.7 Å². The Morgan fingerprint density at radius 2 is 1.71 bits per heavy atom. The minimum atomic E-state index is 0.131. The fourth-order valence-corrected chi connectivity index (χ4v) is 2.32. The Bertz CT molecular complexity index is 443. The summed E-state index contributed by atoms with van der Waals surface area (Å²) in [6.45, 7) is 8.88. The average molecular weight is 335 g/mol. The van der Waals surface area contributed by atoms with Crippen LogP contribution in [-0.4, -0.2) is 25.2 Å². The number of carbonyl (C=O) groups excluding carboxylic acids is 1. The Hall–Kier alpha value is -1.39. The van der Waals surface area contributed by atoms with Crippen LogP contribution in [0.3, 0.4) is 0 Å². The summed E-state index contributed by atoms with van der Waals surface area (Å²) in [7, 11) is 0. The van der Waals surface area contributed by atoms with E-state index in [0.717, 1.165) is 50.0 Å². The van der Waals surface area contributed by atoms with E-state index < -0.39 is 0 Å². The lowest BCUT2D eigenvalue weighted by Gasteiger charge is -2.08. The van der Waals surface area contributed by atoms with Crippen LogP contribution in [0.4, 0.5) is 0 Å². The molecule has 1 aromatic carbocycles. The van der Waals surface area contributed by atoms with E-state index in [4.69, 9.17) is 9.47 Å². The molecule has 0 spiro atoms. The number of ether oxygens (including phenoxy) is 2. The van der Waals surface area contributed by atoms with Crippen molar-refractivity contribution in [1.82, 2.24) is 5.32 Å². The van der Waals surface area contributed by atoms with Gasteiger partial charge in [-0.2, -0.15) is 0 Å². The fraction of sp³-hybridized carbons (Fsp3) is 0.650. The first-order valence-corrected chi connectivity index (χ1v) is 9.15. The Morgan fingerprint density at radius 3 is 2.38 bits per heavy atom. The minimum absolute atomic E-state index is 0.131. The summed E-state index contributed by atoms with van der Waals surface area (Å²) in [5, 5.41) is 2.98. The highest BCUT2D eigenvalue weighted by Gasteiger charge is 2.02. The SMILES string of the molecule is CCOCc1ccc(CNC(=O)CCCCCCOC(C)C)cc1. The van der Waals surface area contributed by atoms with E-state index in [1.807, 2.05) is 19.1 Å². The topological polar surface area (TPSA) is 47.6 Å². The summed E-state index contributed by atoms with van der Waals surface area (Å²) in [6.07, 6.45) is 5.15. The molecule has 0 saturated heterocycles. The molecule has 0 bridgehead atoms. The molecule has 0 aliphatic rings. The molecule has 0 heterocycles. The van der Waals surface area contributed by atoms with E-state index in [-0.39, 0.29) is 5.91 Å². The van der Waals surface area contributed by atoms with Gasteiger partial charge >= 0.3 is 0 Å². The van der Waals surface area contributed by atoms with Crippen LogP contribution < -0.4 is 5.32 Å². The van der Waals surface area contributed by atoms with Gasteiger partial charge in [0.1, 0.15) is 0 Å². The van der Waals surface area contributed by atoms with E-state index in [9.17, 15) is 4.79 Å². The highest BCUT2D eigenvalue weighted by molar-refractivity contribution is 5.75. The first-order chi connectivity index (χ1) is 11.6. The molecule has 4 heteroatoms. The standard InChI is InChI=1S/C20H33NO3/c1-4-23-16-19-12-10-18(11-13-19)15-21-20(22)9-7-5-6-8-14-24-17(2)3/h10-13,17H,4-9,14-16H2,1-3H3,(H,21,22). The van der Waals surface area contributed by atoms with Crippen molar-refractivity contribution in [3.8, 4) is 0 Å². The molecule has 24 heavy (non-hydrogen) atoms. The molecule has 0 aliphatic heterocycles. The molecule has 1 amide bonds. The lowest BCUT2D eigenvalue weighted by molar-refractivity contribution is -0.121. The number of unbranched alkanes of at least 4 members (excludes halogenated alkanes) is 3. The van der Waals surface area contributed by atoms with Gasteiger partial charge in [-0.15, -0.1) is 0 Å². The van der Waals surface area contributed by atoms with Gasteiger partial charge in [-0.3, -0.25) is 4.79 Å². The average Bonchev–Trinajstić information content (AvgIpc) is 2.58. The Kier molecular flexibility index (Phi) is 11.2. The summed E-state index contributed by atoms with van der Waals surface area (Å²) in [5.41, 5.74) is 2.28. The van der Waals surface area contributed by atoms with E-state index in [1.165, 1.54) is 0 Å². The smallest absolute Gasteiger partial charge is 0.220 e. The van der Waals surface area contributed by atoms with Crippen LogP contribution in [0.5, 0.6) is 0 Å². The van der Waals surface area contributed by atoms with Crippen molar-refractivity contribution in [2.45, 2.75) is 72.1 Å². The van der Waals surface area contributed by atoms with Crippen LogP contribution in [0.2, 0.25) is 0 Å². The molecule has 136 valence electrons. The highest BCUT2D eigenvalue weighted by Crippen LogP contribution is 2.07. The monoisotopic (exact) mass is 335 g/mol. The second-order valence-electron chi connectivity index (χ2n) is 6.31. The zero-order chi connectivity index (χ0) is 17.6. The van der Waals surface area contributed by atoms with Gasteiger partial charge in [-0.25, -0.2) is 0 Å². The van der Waals surface area contributed by atoms with Crippen LogP contribution in [0.25, 0.3) is 0 Å². The molecule has 0 saturated carbocycles. The van der Waals surface area contributed by atoms with Gasteiger partial charge in [0.25, 0.3) is 0 Å². The van der Waals surface area contributed by atoms with Crippen molar-refractivity contribution in [2.24, 2.45) is 0 Å². The Balaban J connectivity index is 2.07. The lowest BCUT2D eigenvalue weighted by Crippen LogP contribution is -2.22. The predicted octanol–water partition coefficient (Wildman–Crippen LogP) is 4.21. The zero-order valence-corrected chi connectivity index (χ0v) is 15.5. The molecule has 0 atom stereocenters. The molecule has 0 aromatic heterocycles. The second-order valence-corrected chi connectivity index (χ2v) is 6.31. The lowest BCUT2D eigenvalue weighted by atomic mass is 10.1. The van der Waals surface area contributed by atoms with E-state index in [2.05, 4.69) is 31.3 Å². The normalized spacial score (nSPS) is 11.0. The molecule has 1 aromatic rings. The molecular weight excluding hydrogens is 302 g/mol. The first-order valence-electron chi connectivity index (χ1n) is 9.15. The second kappa shape index (κ2) is 13.0. The number of nitrogens with one attached hydrogen (secondary N) is 1. The van der Waals surface area contributed by atoms with Crippen molar-refractivity contribution in [2.75, 3.05) is 13.2 Å². The maximum atomic E-state index is 11.8. The van der Waals surface area contributed by atoms with Crippen LogP contribution in [0, 0.1) is 0 Å². The van der Waals surface area contributed by atoms with Gasteiger partial charge in [-0.1, -0.05) is 37.1 Å². The van der Waals surface area contributed by atoms with Crippen LogP contribution >= 0.6 is 0 Å². The maximum absolute atomic E-state index is 11.8. The first kappa shape index (κ1) is 20.7. The quantitative estimate of drug-likeness (QED) is 0.549. The highest BCUT2D eigenvalue weighted by atomic mass is 16.5. The number of hydrogen-bond acceptors (Lipinski definition) is 3. The summed E-state index contributed by atoms with van der Waals surface area (Å²) >= 11 is 0. The van der Waals surface area contributed by atoms with Gasteiger partial charge in [-0.05, 0) is 44.7 Å². The molecule has 0 aliphatic carbocycles. The van der Waals surface area contributed by atoms with Gasteiger partial charge in [0, 0.05) is 26.2 Å². The fourth-order valence-electron chi connectivity index (χ4n) is 2.32. The van der Waals surface area contributed by atoms with E-state index >= 15 is 0 Å². The van der Waals surface area contributed by atoms with Crippen LogP contribution in [-0.2, 0) is 27.4 Å². The largest absolute Gasteiger partial charge is 0.379 e. The number of amides is 1. The maximum Gasteiger partial charge on any atom is 0.220 e. The summed E-state index contributed by atoms with van der Waals surface area (Å²) < 4.78 is 10.9. The number of hydrogen-bond donors (Lipinski definition) is 1. The third-order valence-electron chi connectivity index (χ3n) is 3.73. The van der Waals surface area contributed by atoms with Crippen molar-refractivity contribution in [3.05, 3.63) is 35.4 Å². The van der Waals surface area contributed by atoms with Gasteiger partial charge < -0.3 is 14.8 Å². The number of rotatable bonds is 13. The molecule has 4 nitrogen and oxygen atoms in total. The van der Waals surface area contributed by atoms with Gasteiger partial charge in [0.2, 0.25) is 5.91 Å². The number of carbonyl (C=O) groups is 1. The number of benzene rings is 1. The van der Waals surface area contributed by atoms with Crippen molar-refractivity contribution < 1.29 is 14.3 Å². The molecule has 1 rings (SSSR count). The van der Waals surface area contributed by atoms with Crippen LogP contribution in [0.1, 0.15) is 64.0 Å². The molecule has 0 radical (unpaired) electrons. The summed E-state index contributed by atoms with van der Waals surface area (Å²) in [5.74, 6) is 0.131. The molecule has 0 fully saturated rings. The van der Waals surface area contributed by atoms with Gasteiger partial charge in [0.15, 0.2) is 0 Å². The predicted molar refractivity (Wildman–Crippen MR) is 97.8 cm³/mol. The van der Waals surface area contributed by atoms with Crippen molar-refractivity contribution >= 4 is 5.91 Å². The molecular formula is C20H33NO3. The minimum Gasteiger partial charge on any atom is -0.379 e. The van der Waals surface area contributed by atoms with E-state index in [0.29, 0.717) is 25.7 Å². The van der Waals surface area contributed by atoms with Crippen molar-refractivity contribution in [1.29, 1.82) is 0 Å². The van der Waals surface area contributed by atoms with E-state index in [1.54, 1.807) is 0 Å². The van der Waals surface area contributed by atoms with Crippen molar-refractivity contribution in [3.63, 3.8) is 0 Å². The summed E-state index contributed by atoms with van der Waals surface area (Å²) in [6, 6.07) is 8.19.